The first kappa shape index (κ1) is 28.0. The molecule has 0 fully saturated rings. The predicted molar refractivity (Wildman–Crippen MR) is 127 cm³/mol. The van der Waals surface area contributed by atoms with Gasteiger partial charge in [-0.3, -0.25) is 4.79 Å². The number of anilines is 1. The summed E-state index contributed by atoms with van der Waals surface area (Å²) in [6.07, 6.45) is -10.2. The number of hydrogen-bond acceptors (Lipinski definition) is 3. The summed E-state index contributed by atoms with van der Waals surface area (Å²) in [5.41, 5.74) is -3.94. The van der Waals surface area contributed by atoms with E-state index >= 15 is 0 Å². The number of aromatic nitrogens is 1. The highest BCUT2D eigenvalue weighted by Gasteiger charge is 2.41. The third-order valence-electron chi connectivity index (χ3n) is 5.99. The van der Waals surface area contributed by atoms with Crippen LogP contribution in [0.15, 0.2) is 48.5 Å². The fourth-order valence-electron chi connectivity index (χ4n) is 3.96. The Labute approximate surface area is 214 Å². The molecule has 0 spiro atoms. The molecular weight excluding hydrogens is 520 g/mol. The van der Waals surface area contributed by atoms with Crippen molar-refractivity contribution >= 4 is 23.2 Å². The van der Waals surface area contributed by atoms with Crippen molar-refractivity contribution in [1.82, 2.24) is 4.98 Å². The first-order chi connectivity index (χ1) is 17.0. The van der Waals surface area contributed by atoms with E-state index in [1.165, 1.54) is 27.0 Å². The predicted octanol–water partition coefficient (Wildman–Crippen LogP) is 7.56. The summed E-state index contributed by atoms with van der Waals surface area (Å²) in [6, 6.07) is 11.3. The molecule has 2 aromatic carbocycles. The molecule has 1 heterocycles. The number of nitrogens with zero attached hydrogens (tertiary/aromatic N) is 3. The molecule has 0 saturated heterocycles. The van der Waals surface area contributed by atoms with E-state index in [2.05, 4.69) is 4.98 Å². The molecule has 3 aromatic rings. The number of alkyl halides is 6. The molecule has 0 atom stereocenters. The second-order valence-electron chi connectivity index (χ2n) is 8.90. The van der Waals surface area contributed by atoms with Crippen LogP contribution in [0.25, 0.3) is 11.1 Å². The van der Waals surface area contributed by atoms with Gasteiger partial charge < -0.3 is 4.90 Å². The summed E-state index contributed by atoms with van der Waals surface area (Å²) in [6.45, 7) is 4.21. The fraction of sp³-hybridized carbons (Fsp3) is 0.269. The Balaban J connectivity index is 2.22. The number of amides is 1. The molecule has 0 aliphatic rings. The van der Waals surface area contributed by atoms with Crippen LogP contribution in [0, 0.1) is 18.3 Å². The second kappa shape index (κ2) is 9.71. The van der Waals surface area contributed by atoms with Gasteiger partial charge in [0.15, 0.2) is 5.69 Å². The van der Waals surface area contributed by atoms with Crippen molar-refractivity contribution < 1.29 is 31.1 Å². The van der Waals surface area contributed by atoms with Gasteiger partial charge in [-0.25, -0.2) is 4.98 Å². The average Bonchev–Trinajstić information content (AvgIpc) is 2.81. The number of benzene rings is 2. The Hall–Kier alpha value is -3.58. The summed E-state index contributed by atoms with van der Waals surface area (Å²) < 4.78 is 80.7. The van der Waals surface area contributed by atoms with Crippen molar-refractivity contribution in [3.63, 3.8) is 0 Å². The molecule has 3 rings (SSSR count). The van der Waals surface area contributed by atoms with E-state index in [-0.39, 0.29) is 22.6 Å². The minimum Gasteiger partial charge on any atom is -0.312 e. The lowest BCUT2D eigenvalue weighted by molar-refractivity contribution is -0.143. The Kier molecular flexibility index (Phi) is 7.35. The first-order valence-corrected chi connectivity index (χ1v) is 11.1. The number of hydrogen-bond donors (Lipinski definition) is 0. The molecule has 37 heavy (non-hydrogen) atoms. The monoisotopic (exact) mass is 539 g/mol. The molecule has 0 aliphatic carbocycles. The van der Waals surface area contributed by atoms with Gasteiger partial charge in [0.1, 0.15) is 11.2 Å². The Bertz CT molecular complexity index is 1370. The minimum atomic E-state index is -5.08. The van der Waals surface area contributed by atoms with E-state index in [4.69, 9.17) is 11.6 Å². The van der Waals surface area contributed by atoms with Crippen molar-refractivity contribution in [3.8, 4) is 17.2 Å². The van der Waals surface area contributed by atoms with Gasteiger partial charge in [-0.1, -0.05) is 35.9 Å². The maximum atomic E-state index is 13.7. The van der Waals surface area contributed by atoms with Gasteiger partial charge in [-0.15, -0.1) is 0 Å². The van der Waals surface area contributed by atoms with Crippen molar-refractivity contribution in [3.05, 3.63) is 81.6 Å². The number of carbonyl (C=O) groups is 1. The Morgan fingerprint density at radius 1 is 0.919 bits per heavy atom. The highest BCUT2D eigenvalue weighted by Crippen LogP contribution is 2.41. The van der Waals surface area contributed by atoms with E-state index in [0.717, 1.165) is 10.5 Å². The van der Waals surface area contributed by atoms with Crippen LogP contribution in [0.2, 0.25) is 5.15 Å². The van der Waals surface area contributed by atoms with Crippen LogP contribution < -0.4 is 4.90 Å². The van der Waals surface area contributed by atoms with Crippen LogP contribution in [-0.4, -0.2) is 17.9 Å². The normalized spacial score (nSPS) is 12.3. The Morgan fingerprint density at radius 3 is 1.92 bits per heavy atom. The van der Waals surface area contributed by atoms with Crippen LogP contribution in [0.1, 0.15) is 41.8 Å². The van der Waals surface area contributed by atoms with Gasteiger partial charge in [0.05, 0.1) is 22.2 Å². The number of likely N-dealkylation sites (N-methyl/N-ethyl adjacent to an activating group) is 1. The van der Waals surface area contributed by atoms with Gasteiger partial charge in [-0.05, 0) is 61.7 Å². The number of halogens is 7. The molecule has 1 amide bonds. The summed E-state index contributed by atoms with van der Waals surface area (Å²) in [5, 5.41) is 9.69. The van der Waals surface area contributed by atoms with Crippen molar-refractivity contribution in [1.29, 1.82) is 5.26 Å². The number of nitriles is 1. The maximum absolute atomic E-state index is 13.7. The lowest BCUT2D eigenvalue weighted by Gasteiger charge is -2.32. The maximum Gasteiger partial charge on any atom is 0.416 e. The summed E-state index contributed by atoms with van der Waals surface area (Å²) in [5.74, 6) is -0.865. The molecule has 11 heteroatoms. The summed E-state index contributed by atoms with van der Waals surface area (Å²) in [7, 11) is 1.27. The number of pyridine rings is 1. The molecule has 0 aliphatic heterocycles. The fourth-order valence-corrected chi connectivity index (χ4v) is 4.16. The topological polar surface area (TPSA) is 57.0 Å². The van der Waals surface area contributed by atoms with Gasteiger partial charge in [-0.2, -0.15) is 31.6 Å². The van der Waals surface area contributed by atoms with Gasteiger partial charge >= 0.3 is 12.4 Å². The third-order valence-corrected chi connectivity index (χ3v) is 6.18. The van der Waals surface area contributed by atoms with Crippen LogP contribution >= 0.6 is 11.6 Å². The molecule has 0 saturated carbocycles. The minimum absolute atomic E-state index is 0.000949. The molecule has 0 bridgehead atoms. The van der Waals surface area contributed by atoms with E-state index in [9.17, 15) is 36.4 Å². The quantitative estimate of drug-likeness (QED) is 0.254. The van der Waals surface area contributed by atoms with Crippen molar-refractivity contribution in [2.24, 2.45) is 0 Å². The second-order valence-corrected chi connectivity index (χ2v) is 9.29. The number of carbonyl (C=O) groups excluding carboxylic acids is 1. The molecule has 0 N–H and O–H groups in total. The highest BCUT2D eigenvalue weighted by atomic mass is 35.5. The lowest BCUT2D eigenvalue weighted by atomic mass is 9.81. The van der Waals surface area contributed by atoms with E-state index in [1.54, 1.807) is 31.2 Å². The van der Waals surface area contributed by atoms with Crippen LogP contribution in [-0.2, 0) is 22.6 Å². The number of rotatable bonds is 4. The SMILES string of the molecule is Cc1ccccc1-c1cc(Cl)nc(C#N)c1N(C)C(=O)C(C)(C)c1cc(C(F)(F)F)cc(C(F)(F)F)c1. The van der Waals surface area contributed by atoms with Crippen molar-refractivity contribution in [2.45, 2.75) is 38.5 Å². The first-order valence-electron chi connectivity index (χ1n) is 10.7. The summed E-state index contributed by atoms with van der Waals surface area (Å²) in [4.78, 5) is 18.7. The van der Waals surface area contributed by atoms with Crippen LogP contribution in [0.4, 0.5) is 32.0 Å². The summed E-state index contributed by atoms with van der Waals surface area (Å²) >= 11 is 6.11. The van der Waals surface area contributed by atoms with E-state index in [1.807, 2.05) is 6.07 Å². The van der Waals surface area contributed by atoms with Gasteiger partial charge in [0, 0.05) is 12.6 Å². The third kappa shape index (κ3) is 5.57. The van der Waals surface area contributed by atoms with Crippen LogP contribution in [0.5, 0.6) is 0 Å². The highest BCUT2D eigenvalue weighted by molar-refractivity contribution is 6.30. The molecule has 1 aromatic heterocycles. The lowest BCUT2D eigenvalue weighted by Crippen LogP contribution is -2.42. The molecule has 4 nitrogen and oxygen atoms in total. The zero-order chi connectivity index (χ0) is 27.9. The Morgan fingerprint density at radius 2 is 1.43 bits per heavy atom. The molecular formula is C26H20ClF6N3O. The van der Waals surface area contributed by atoms with E-state index < -0.39 is 40.4 Å². The smallest absolute Gasteiger partial charge is 0.312 e. The largest absolute Gasteiger partial charge is 0.416 e. The standard InChI is InChI=1S/C26H20ClF6N3O/c1-14-7-5-6-8-18(14)19-12-21(27)35-20(13-34)22(19)36(4)23(37)24(2,3)15-9-16(25(28,29)30)11-17(10-15)26(31,32)33/h5-12H,1-4H3. The van der Waals surface area contributed by atoms with Gasteiger partial charge in [0.25, 0.3) is 0 Å². The van der Waals surface area contributed by atoms with Gasteiger partial charge in [0.2, 0.25) is 5.91 Å². The zero-order valence-electron chi connectivity index (χ0n) is 20.0. The number of aryl methyl sites for hydroxylation is 1. The molecule has 0 unspecified atom stereocenters. The molecule has 194 valence electrons. The average molecular weight is 540 g/mol. The van der Waals surface area contributed by atoms with Crippen molar-refractivity contribution in [2.75, 3.05) is 11.9 Å². The van der Waals surface area contributed by atoms with Crippen LogP contribution in [0.3, 0.4) is 0 Å². The van der Waals surface area contributed by atoms with E-state index in [0.29, 0.717) is 23.3 Å². The molecule has 0 radical (unpaired) electrons. The zero-order valence-corrected chi connectivity index (χ0v) is 20.8.